The smallest absolute Gasteiger partial charge is 0.270 e. The summed E-state index contributed by atoms with van der Waals surface area (Å²) in [6.45, 7) is 1.67. The van der Waals surface area contributed by atoms with E-state index in [1.807, 2.05) is 28.1 Å². The van der Waals surface area contributed by atoms with E-state index in [9.17, 15) is 14.4 Å². The zero-order chi connectivity index (χ0) is 22.9. The van der Waals surface area contributed by atoms with Crippen molar-refractivity contribution in [1.29, 1.82) is 0 Å². The number of likely N-dealkylation sites (tertiary alicyclic amines) is 1. The van der Waals surface area contributed by atoms with Crippen LogP contribution in [0.15, 0.2) is 70.5 Å². The van der Waals surface area contributed by atoms with Gasteiger partial charge in [0.1, 0.15) is 5.70 Å². The molecule has 2 bridgehead atoms. The molecule has 33 heavy (non-hydrogen) atoms. The van der Waals surface area contributed by atoms with E-state index in [1.54, 1.807) is 47.4 Å². The Labute approximate surface area is 200 Å². The van der Waals surface area contributed by atoms with Crippen LogP contribution in [0.1, 0.15) is 33.3 Å². The lowest BCUT2D eigenvalue weighted by Gasteiger charge is -2.43. The molecule has 8 heteroatoms. The van der Waals surface area contributed by atoms with Gasteiger partial charge in [-0.05, 0) is 60.2 Å². The Morgan fingerprint density at radius 3 is 2.61 bits per heavy atom. The first-order valence-corrected chi connectivity index (χ1v) is 12.0. The number of thiophene rings is 1. The average molecular weight is 480 g/mol. The highest BCUT2D eigenvalue weighted by Gasteiger charge is 2.37. The van der Waals surface area contributed by atoms with E-state index in [2.05, 4.69) is 5.32 Å². The average Bonchev–Trinajstić information content (AvgIpc) is 3.32. The normalized spacial score (nSPS) is 19.7. The molecule has 168 valence electrons. The SMILES string of the molecule is O=C(NC(=Cc1cccs1)C(=O)N1CC2CC(C1)c1cccc(=O)n1C2)c1ccc(Cl)cc1. The van der Waals surface area contributed by atoms with Crippen LogP contribution in [0.4, 0.5) is 0 Å². The molecule has 1 N–H and O–H groups in total. The van der Waals surface area contributed by atoms with Crippen LogP contribution in [0.25, 0.3) is 6.08 Å². The largest absolute Gasteiger partial charge is 0.336 e. The molecule has 2 atom stereocenters. The van der Waals surface area contributed by atoms with Crippen molar-refractivity contribution in [2.24, 2.45) is 5.92 Å². The van der Waals surface area contributed by atoms with E-state index >= 15 is 0 Å². The van der Waals surface area contributed by atoms with Crippen LogP contribution in [-0.2, 0) is 11.3 Å². The Bertz CT molecular complexity index is 1280. The minimum absolute atomic E-state index is 0.00971. The van der Waals surface area contributed by atoms with E-state index in [-0.39, 0.29) is 34.9 Å². The van der Waals surface area contributed by atoms with Crippen molar-refractivity contribution < 1.29 is 9.59 Å². The number of piperidine rings is 1. The summed E-state index contributed by atoms with van der Waals surface area (Å²) < 4.78 is 1.84. The van der Waals surface area contributed by atoms with Gasteiger partial charge >= 0.3 is 0 Å². The number of carbonyl (C=O) groups is 2. The summed E-state index contributed by atoms with van der Waals surface area (Å²) in [5.74, 6) is -0.273. The minimum Gasteiger partial charge on any atom is -0.336 e. The van der Waals surface area contributed by atoms with Crippen LogP contribution in [0.5, 0.6) is 0 Å². The number of carbonyl (C=O) groups excluding carboxylic acids is 2. The maximum absolute atomic E-state index is 13.6. The van der Waals surface area contributed by atoms with Crippen LogP contribution in [0.3, 0.4) is 0 Å². The summed E-state index contributed by atoms with van der Waals surface area (Å²) in [7, 11) is 0. The highest BCUT2D eigenvalue weighted by Crippen LogP contribution is 2.35. The van der Waals surface area contributed by atoms with Crippen molar-refractivity contribution in [2.75, 3.05) is 13.1 Å². The number of hydrogen-bond acceptors (Lipinski definition) is 4. The second-order valence-corrected chi connectivity index (χ2v) is 9.86. The Morgan fingerprint density at radius 1 is 1.03 bits per heavy atom. The Kier molecular flexibility index (Phi) is 5.91. The van der Waals surface area contributed by atoms with Crippen LogP contribution < -0.4 is 10.9 Å². The lowest BCUT2D eigenvalue weighted by Crippen LogP contribution is -2.50. The molecule has 3 aromatic rings. The van der Waals surface area contributed by atoms with Crippen molar-refractivity contribution in [3.63, 3.8) is 0 Å². The fraction of sp³-hybridized carbons (Fsp3) is 0.240. The van der Waals surface area contributed by atoms with Crippen LogP contribution in [0, 0.1) is 5.92 Å². The number of benzene rings is 1. The number of nitrogens with one attached hydrogen (secondary N) is 1. The standard InChI is InChI=1S/C25H22ClN3O3S/c26-19-8-6-17(7-9-19)24(31)27-21(12-20-3-2-10-33-20)25(32)28-13-16-11-18(15-28)22-4-1-5-23(30)29(22)14-16/h1-10,12,16,18H,11,13-15H2,(H,27,31). The van der Waals surface area contributed by atoms with Gasteiger partial charge < -0.3 is 14.8 Å². The molecule has 1 aromatic carbocycles. The molecule has 0 aliphatic carbocycles. The van der Waals surface area contributed by atoms with E-state index in [0.717, 1.165) is 17.0 Å². The summed E-state index contributed by atoms with van der Waals surface area (Å²) in [6.07, 6.45) is 2.68. The Morgan fingerprint density at radius 2 is 1.85 bits per heavy atom. The van der Waals surface area contributed by atoms with Gasteiger partial charge in [0.15, 0.2) is 0 Å². The molecule has 2 amide bonds. The molecule has 6 nitrogen and oxygen atoms in total. The third kappa shape index (κ3) is 4.51. The monoisotopic (exact) mass is 479 g/mol. The molecule has 1 fully saturated rings. The van der Waals surface area contributed by atoms with Gasteiger partial charge in [0, 0.05) is 52.8 Å². The van der Waals surface area contributed by atoms with E-state index in [1.165, 1.54) is 11.3 Å². The molecule has 5 rings (SSSR count). The molecular weight excluding hydrogens is 458 g/mol. The molecule has 2 unspecified atom stereocenters. The molecule has 0 spiro atoms. The fourth-order valence-corrected chi connectivity index (χ4v) is 5.48. The van der Waals surface area contributed by atoms with Gasteiger partial charge in [-0.3, -0.25) is 14.4 Å². The topological polar surface area (TPSA) is 71.4 Å². The Hall–Kier alpha value is -3.16. The van der Waals surface area contributed by atoms with Gasteiger partial charge in [0.25, 0.3) is 17.4 Å². The van der Waals surface area contributed by atoms with Gasteiger partial charge in [-0.1, -0.05) is 23.7 Å². The predicted octanol–water partition coefficient (Wildman–Crippen LogP) is 3.98. The van der Waals surface area contributed by atoms with Crippen molar-refractivity contribution in [3.8, 4) is 0 Å². The summed E-state index contributed by atoms with van der Waals surface area (Å²) in [5.41, 5.74) is 1.65. The molecule has 4 heterocycles. The molecule has 0 radical (unpaired) electrons. The number of fused-ring (bicyclic) bond motifs is 4. The zero-order valence-electron chi connectivity index (χ0n) is 17.7. The number of halogens is 1. The fourth-order valence-electron chi connectivity index (χ4n) is 4.70. The summed E-state index contributed by atoms with van der Waals surface area (Å²) >= 11 is 7.43. The lowest BCUT2D eigenvalue weighted by atomic mass is 9.83. The molecular formula is C25H22ClN3O3S. The number of rotatable bonds is 4. The Balaban J connectivity index is 1.41. The third-order valence-electron chi connectivity index (χ3n) is 6.18. The lowest BCUT2D eigenvalue weighted by molar-refractivity contribution is -0.130. The first kappa shape index (κ1) is 21.7. The zero-order valence-corrected chi connectivity index (χ0v) is 19.3. The second kappa shape index (κ2) is 9.00. The maximum atomic E-state index is 13.6. The number of pyridine rings is 1. The van der Waals surface area contributed by atoms with Gasteiger partial charge in [-0.2, -0.15) is 0 Å². The first-order valence-electron chi connectivity index (χ1n) is 10.8. The summed E-state index contributed by atoms with van der Waals surface area (Å²) in [5, 5.41) is 5.29. The highest BCUT2D eigenvalue weighted by atomic mass is 35.5. The molecule has 1 saturated heterocycles. The van der Waals surface area contributed by atoms with E-state index < -0.39 is 0 Å². The summed E-state index contributed by atoms with van der Waals surface area (Å²) in [4.78, 5) is 41.5. The van der Waals surface area contributed by atoms with Crippen LogP contribution >= 0.6 is 22.9 Å². The first-order chi connectivity index (χ1) is 16.0. The quantitative estimate of drug-likeness (QED) is 0.575. The molecule has 2 aliphatic rings. The van der Waals surface area contributed by atoms with Crippen LogP contribution in [-0.4, -0.2) is 34.4 Å². The third-order valence-corrected chi connectivity index (χ3v) is 7.25. The molecule has 2 aliphatic heterocycles. The number of amides is 2. The van der Waals surface area contributed by atoms with Crippen molar-refractivity contribution in [2.45, 2.75) is 18.9 Å². The minimum atomic E-state index is -0.364. The van der Waals surface area contributed by atoms with E-state index in [0.29, 0.717) is 30.2 Å². The number of aromatic nitrogens is 1. The summed E-state index contributed by atoms with van der Waals surface area (Å²) in [6, 6.07) is 15.7. The molecule has 0 saturated carbocycles. The predicted molar refractivity (Wildman–Crippen MR) is 129 cm³/mol. The van der Waals surface area contributed by atoms with Gasteiger partial charge in [-0.15, -0.1) is 11.3 Å². The van der Waals surface area contributed by atoms with Crippen molar-refractivity contribution in [1.82, 2.24) is 14.8 Å². The van der Waals surface area contributed by atoms with Crippen molar-refractivity contribution in [3.05, 3.63) is 97.2 Å². The second-order valence-electron chi connectivity index (χ2n) is 8.44. The number of hydrogen-bond donors (Lipinski definition) is 1. The van der Waals surface area contributed by atoms with Gasteiger partial charge in [0.05, 0.1) is 0 Å². The number of nitrogens with zero attached hydrogens (tertiary/aromatic N) is 2. The maximum Gasteiger partial charge on any atom is 0.270 e. The highest BCUT2D eigenvalue weighted by molar-refractivity contribution is 7.10. The van der Waals surface area contributed by atoms with Crippen LogP contribution in [0.2, 0.25) is 5.02 Å². The van der Waals surface area contributed by atoms with Gasteiger partial charge in [-0.25, -0.2) is 0 Å². The van der Waals surface area contributed by atoms with E-state index in [4.69, 9.17) is 11.6 Å². The van der Waals surface area contributed by atoms with Gasteiger partial charge in [0.2, 0.25) is 0 Å². The van der Waals surface area contributed by atoms with Crippen molar-refractivity contribution >= 4 is 40.8 Å². The molecule has 2 aromatic heterocycles.